The van der Waals surface area contributed by atoms with E-state index in [1.165, 1.54) is 6.07 Å². The molecule has 92 valence electrons. The van der Waals surface area contributed by atoms with Gasteiger partial charge in [-0.25, -0.2) is 0 Å². The Morgan fingerprint density at radius 1 is 1.41 bits per heavy atom. The third-order valence-corrected chi connectivity index (χ3v) is 3.05. The number of thiocarbonyl (C=S) groups is 1. The maximum Gasteiger partial charge on any atom is 0.254 e. The van der Waals surface area contributed by atoms with Crippen LogP contribution in [0, 0.1) is 0 Å². The Bertz CT molecular complexity index is 451. The van der Waals surface area contributed by atoms with Crippen molar-refractivity contribution in [3.8, 4) is 0 Å². The van der Waals surface area contributed by atoms with Gasteiger partial charge in [0.15, 0.2) is 0 Å². The highest BCUT2D eigenvalue weighted by Crippen LogP contribution is 2.23. The standard InChI is InChI=1S/C11H12Cl2N2OS/c1-2-15(6-10(14)17)11(16)7-3-4-8(12)9(13)5-7/h3-5H,2,6H2,1H3,(H2,14,17). The van der Waals surface area contributed by atoms with E-state index >= 15 is 0 Å². The second kappa shape index (κ2) is 6.19. The molecule has 1 aromatic carbocycles. The van der Waals surface area contributed by atoms with Gasteiger partial charge in [0.05, 0.1) is 21.6 Å². The molecule has 3 nitrogen and oxygen atoms in total. The van der Waals surface area contributed by atoms with Crippen LogP contribution in [-0.4, -0.2) is 28.9 Å². The van der Waals surface area contributed by atoms with Gasteiger partial charge < -0.3 is 10.6 Å². The van der Waals surface area contributed by atoms with Crippen LogP contribution in [0.1, 0.15) is 17.3 Å². The molecule has 0 aromatic heterocycles. The lowest BCUT2D eigenvalue weighted by Crippen LogP contribution is -2.37. The average molecular weight is 291 g/mol. The largest absolute Gasteiger partial charge is 0.392 e. The molecule has 0 fully saturated rings. The van der Waals surface area contributed by atoms with Crippen molar-refractivity contribution < 1.29 is 4.79 Å². The highest BCUT2D eigenvalue weighted by atomic mass is 35.5. The van der Waals surface area contributed by atoms with E-state index < -0.39 is 0 Å². The molecule has 0 spiro atoms. The Morgan fingerprint density at radius 3 is 2.53 bits per heavy atom. The molecule has 0 aliphatic heterocycles. The topological polar surface area (TPSA) is 46.3 Å². The Kier molecular flexibility index (Phi) is 5.18. The molecule has 0 bridgehead atoms. The lowest BCUT2D eigenvalue weighted by Gasteiger charge is -2.20. The van der Waals surface area contributed by atoms with Gasteiger partial charge in [-0.05, 0) is 25.1 Å². The fourth-order valence-corrected chi connectivity index (χ4v) is 1.78. The highest BCUT2D eigenvalue weighted by Gasteiger charge is 2.15. The monoisotopic (exact) mass is 290 g/mol. The Balaban J connectivity index is 2.93. The molecule has 1 amide bonds. The number of hydrogen-bond donors (Lipinski definition) is 1. The first-order valence-electron chi connectivity index (χ1n) is 4.98. The predicted molar refractivity (Wildman–Crippen MR) is 74.8 cm³/mol. The van der Waals surface area contributed by atoms with Crippen LogP contribution in [-0.2, 0) is 0 Å². The zero-order valence-electron chi connectivity index (χ0n) is 9.24. The fraction of sp³-hybridized carbons (Fsp3) is 0.273. The summed E-state index contributed by atoms with van der Waals surface area (Å²) in [6.07, 6.45) is 0. The van der Waals surface area contributed by atoms with Crippen molar-refractivity contribution in [2.24, 2.45) is 5.73 Å². The number of carbonyl (C=O) groups excluding carboxylic acids is 1. The molecule has 2 N–H and O–H groups in total. The van der Waals surface area contributed by atoms with Crippen molar-refractivity contribution in [3.63, 3.8) is 0 Å². The number of nitrogens with zero attached hydrogens (tertiary/aromatic N) is 1. The normalized spacial score (nSPS) is 10.1. The zero-order chi connectivity index (χ0) is 13.0. The average Bonchev–Trinajstić information content (AvgIpc) is 2.28. The van der Waals surface area contributed by atoms with Gasteiger partial charge in [0.2, 0.25) is 0 Å². The number of halogens is 2. The summed E-state index contributed by atoms with van der Waals surface area (Å²) in [5.74, 6) is -0.168. The summed E-state index contributed by atoms with van der Waals surface area (Å²) in [5, 5.41) is 0.768. The van der Waals surface area contributed by atoms with Crippen LogP contribution in [0.4, 0.5) is 0 Å². The molecule has 17 heavy (non-hydrogen) atoms. The quantitative estimate of drug-likeness (QED) is 0.868. The van der Waals surface area contributed by atoms with Gasteiger partial charge in [-0.15, -0.1) is 0 Å². The Morgan fingerprint density at radius 2 is 2.06 bits per heavy atom. The number of benzene rings is 1. The van der Waals surface area contributed by atoms with Gasteiger partial charge in [0.25, 0.3) is 5.91 Å². The van der Waals surface area contributed by atoms with Gasteiger partial charge in [0.1, 0.15) is 0 Å². The van der Waals surface area contributed by atoms with E-state index in [1.807, 2.05) is 6.92 Å². The van der Waals surface area contributed by atoms with Crippen molar-refractivity contribution in [1.29, 1.82) is 0 Å². The molecule has 0 saturated heterocycles. The van der Waals surface area contributed by atoms with E-state index in [0.29, 0.717) is 22.2 Å². The van der Waals surface area contributed by atoms with Crippen molar-refractivity contribution in [2.75, 3.05) is 13.1 Å². The number of amides is 1. The molecule has 0 saturated carbocycles. The van der Waals surface area contributed by atoms with Gasteiger partial charge in [-0.1, -0.05) is 35.4 Å². The molecule has 6 heteroatoms. The second-order valence-corrected chi connectivity index (χ2v) is 4.75. The van der Waals surface area contributed by atoms with Gasteiger partial charge in [-0.2, -0.15) is 0 Å². The van der Waals surface area contributed by atoms with Gasteiger partial charge in [-0.3, -0.25) is 4.79 Å². The summed E-state index contributed by atoms with van der Waals surface area (Å²) in [6, 6.07) is 4.75. The van der Waals surface area contributed by atoms with Crippen LogP contribution in [0.5, 0.6) is 0 Å². The molecule has 0 heterocycles. The molecule has 0 radical (unpaired) electrons. The summed E-state index contributed by atoms with van der Waals surface area (Å²) in [6.45, 7) is 2.63. The molecule has 0 aliphatic carbocycles. The van der Waals surface area contributed by atoms with Gasteiger partial charge >= 0.3 is 0 Å². The van der Waals surface area contributed by atoms with E-state index in [2.05, 4.69) is 0 Å². The van der Waals surface area contributed by atoms with Crippen molar-refractivity contribution in [3.05, 3.63) is 33.8 Å². The van der Waals surface area contributed by atoms with Crippen LogP contribution in [0.2, 0.25) is 10.0 Å². The SMILES string of the molecule is CCN(CC(N)=S)C(=O)c1ccc(Cl)c(Cl)c1. The summed E-state index contributed by atoms with van der Waals surface area (Å²) in [4.78, 5) is 13.9. The van der Waals surface area contributed by atoms with Crippen LogP contribution in [0.3, 0.4) is 0 Å². The van der Waals surface area contributed by atoms with E-state index in [1.54, 1.807) is 17.0 Å². The van der Waals surface area contributed by atoms with E-state index in [0.717, 1.165) is 0 Å². The number of hydrogen-bond acceptors (Lipinski definition) is 2. The predicted octanol–water partition coefficient (Wildman–Crippen LogP) is 2.74. The first-order chi connectivity index (χ1) is 7.95. The lowest BCUT2D eigenvalue weighted by molar-refractivity contribution is 0.0788. The first kappa shape index (κ1) is 14.2. The summed E-state index contributed by atoms with van der Waals surface area (Å²) in [5.41, 5.74) is 5.90. The maximum absolute atomic E-state index is 12.1. The third-order valence-electron chi connectivity index (χ3n) is 2.18. The Labute approximate surface area is 115 Å². The molecular weight excluding hydrogens is 279 g/mol. The van der Waals surface area contributed by atoms with Crippen molar-refractivity contribution >= 4 is 46.3 Å². The Hall–Kier alpha value is -0.840. The maximum atomic E-state index is 12.1. The summed E-state index contributed by atoms with van der Waals surface area (Å²) < 4.78 is 0. The van der Waals surface area contributed by atoms with Gasteiger partial charge in [0, 0.05) is 12.1 Å². The van der Waals surface area contributed by atoms with Crippen LogP contribution in [0.25, 0.3) is 0 Å². The number of nitrogens with two attached hydrogens (primary N) is 1. The van der Waals surface area contributed by atoms with Crippen molar-refractivity contribution in [1.82, 2.24) is 4.90 Å². The smallest absolute Gasteiger partial charge is 0.254 e. The van der Waals surface area contributed by atoms with E-state index in [9.17, 15) is 4.79 Å². The molecule has 0 atom stereocenters. The molecular formula is C11H12Cl2N2OS. The number of rotatable bonds is 4. The molecule has 1 aromatic rings. The highest BCUT2D eigenvalue weighted by molar-refractivity contribution is 7.80. The number of likely N-dealkylation sites (N-methyl/N-ethyl adjacent to an activating group) is 1. The lowest BCUT2D eigenvalue weighted by atomic mass is 10.2. The van der Waals surface area contributed by atoms with Crippen molar-refractivity contribution in [2.45, 2.75) is 6.92 Å². The van der Waals surface area contributed by atoms with Crippen LogP contribution in [0.15, 0.2) is 18.2 Å². The minimum atomic E-state index is -0.168. The fourth-order valence-electron chi connectivity index (χ4n) is 1.33. The van der Waals surface area contributed by atoms with Crippen LogP contribution >= 0.6 is 35.4 Å². The minimum absolute atomic E-state index is 0.168. The van der Waals surface area contributed by atoms with E-state index in [4.69, 9.17) is 41.2 Å². The second-order valence-electron chi connectivity index (χ2n) is 3.41. The summed E-state index contributed by atoms with van der Waals surface area (Å²) in [7, 11) is 0. The molecule has 1 rings (SSSR count). The first-order valence-corrected chi connectivity index (χ1v) is 6.14. The molecule has 0 unspecified atom stereocenters. The van der Waals surface area contributed by atoms with Crippen LogP contribution < -0.4 is 5.73 Å². The number of carbonyl (C=O) groups is 1. The zero-order valence-corrected chi connectivity index (χ0v) is 11.6. The third kappa shape index (κ3) is 3.84. The summed E-state index contributed by atoms with van der Waals surface area (Å²) >= 11 is 16.4. The van der Waals surface area contributed by atoms with E-state index in [-0.39, 0.29) is 17.4 Å². The molecule has 0 aliphatic rings. The minimum Gasteiger partial charge on any atom is -0.392 e.